The van der Waals surface area contributed by atoms with Crippen LogP contribution in [0.1, 0.15) is 86.6 Å². The van der Waals surface area contributed by atoms with Gasteiger partial charge in [-0.25, -0.2) is 9.37 Å². The van der Waals surface area contributed by atoms with Crippen molar-refractivity contribution < 1.29 is 40.2 Å². The minimum Gasteiger partial charge on any atom is -0.465 e. The van der Waals surface area contributed by atoms with E-state index in [9.17, 15) is 30.7 Å². The number of likely N-dealkylation sites (N-methyl/N-ethyl adjacent to an activating group) is 2. The zero-order valence-electron chi connectivity index (χ0n) is 31.1. The summed E-state index contributed by atoms with van der Waals surface area (Å²) in [5.41, 5.74) is 3.87. The molecule has 0 spiro atoms. The second-order valence-corrected chi connectivity index (χ2v) is 18.8. The van der Waals surface area contributed by atoms with Crippen molar-refractivity contribution in [2.24, 2.45) is 0 Å². The van der Waals surface area contributed by atoms with Gasteiger partial charge in [-0.15, -0.1) is 0 Å². The van der Waals surface area contributed by atoms with Crippen LogP contribution in [0.25, 0.3) is 16.7 Å². The summed E-state index contributed by atoms with van der Waals surface area (Å²) in [4.78, 5) is 15.5. The number of anilines is 1. The Kier molecular flexibility index (Phi) is 8.73. The van der Waals surface area contributed by atoms with Crippen LogP contribution in [0.15, 0.2) is 54.6 Å². The molecule has 3 aliphatic rings. The molecule has 0 saturated heterocycles. The lowest BCUT2D eigenvalue weighted by Gasteiger charge is -2.41. The van der Waals surface area contributed by atoms with E-state index in [0.717, 1.165) is 5.56 Å². The third kappa shape index (κ3) is 6.70. The number of hydrogen-bond donors (Lipinski definition) is 2. The van der Waals surface area contributed by atoms with Gasteiger partial charge in [0.15, 0.2) is 5.54 Å². The molecular weight excluding hydrogens is 705 g/mol. The topological polar surface area (TPSA) is 151 Å². The Balaban J connectivity index is 1.82. The molecule has 3 aromatic rings. The number of rotatable bonds is 6. The molecule has 0 radical (unpaired) electrons. The van der Waals surface area contributed by atoms with Gasteiger partial charge in [-0.2, -0.15) is 16.8 Å². The Bertz CT molecular complexity index is 2500. The molecule has 6 rings (SSSR count). The maximum atomic E-state index is 13.5. The highest BCUT2D eigenvalue weighted by Gasteiger charge is 2.37. The Morgan fingerprint density at radius 2 is 1.46 bits per heavy atom. The van der Waals surface area contributed by atoms with Crippen molar-refractivity contribution in [1.82, 2.24) is 4.58 Å². The predicted molar refractivity (Wildman–Crippen MR) is 203 cm³/mol. The van der Waals surface area contributed by atoms with Gasteiger partial charge in [0, 0.05) is 54.6 Å². The largest absolute Gasteiger partial charge is 0.465 e. The number of fused-ring (bicyclic) bond motifs is 4. The standard InChI is InChI=1S/C39H44N2O9S2/c1-37(2,3)24-11-12-25(36(42)49-10)28(13-24)35-29-14-26-22(20-51(43,44)45)18-38(4,5)40(8)31(26)16-33(29)50-34-17-32-27(15-30(34)35)23(21-52(46,47)48)19-39(6,7)41(32)9/h11-19H,20-21H2,1-10H3,(H-,43,44,45,46,47,48)/p+1. The van der Waals surface area contributed by atoms with Gasteiger partial charge in [-0.05, 0) is 71.9 Å². The summed E-state index contributed by atoms with van der Waals surface area (Å²) in [6.45, 7) is 13.9. The summed E-state index contributed by atoms with van der Waals surface area (Å²) in [5.74, 6) is -0.916. The van der Waals surface area contributed by atoms with E-state index in [4.69, 9.17) is 9.47 Å². The highest BCUT2D eigenvalue weighted by atomic mass is 32.2. The first-order chi connectivity index (χ1) is 23.8. The lowest BCUT2D eigenvalue weighted by Crippen LogP contribution is -2.47. The third-order valence-electron chi connectivity index (χ3n) is 10.4. The molecule has 52 heavy (non-hydrogen) atoms. The first-order valence-electron chi connectivity index (χ1n) is 16.8. The average molecular weight is 750 g/mol. The van der Waals surface area contributed by atoms with Crippen molar-refractivity contribution in [3.63, 3.8) is 0 Å². The van der Waals surface area contributed by atoms with Crippen LogP contribution in [0.4, 0.5) is 5.69 Å². The fourth-order valence-corrected chi connectivity index (χ4v) is 8.54. The molecule has 3 aliphatic heterocycles. The van der Waals surface area contributed by atoms with Gasteiger partial charge < -0.3 is 14.4 Å². The maximum Gasteiger partial charge on any atom is 0.338 e. The van der Waals surface area contributed by atoms with Crippen molar-refractivity contribution in [2.75, 3.05) is 37.6 Å². The zero-order valence-corrected chi connectivity index (χ0v) is 32.7. The Morgan fingerprint density at radius 3 is 2.04 bits per heavy atom. The molecule has 3 aromatic carbocycles. The van der Waals surface area contributed by atoms with Crippen molar-refractivity contribution >= 4 is 48.6 Å². The quantitative estimate of drug-likeness (QED) is 0.160. The van der Waals surface area contributed by atoms with Gasteiger partial charge in [0.25, 0.3) is 20.2 Å². The molecule has 0 fully saturated rings. The molecule has 0 saturated carbocycles. The zero-order chi connectivity index (χ0) is 38.5. The predicted octanol–water partition coefficient (Wildman–Crippen LogP) is 4.81. The Labute approximate surface area is 305 Å². The van der Waals surface area contributed by atoms with Crippen LogP contribution in [0.3, 0.4) is 0 Å². The number of carbonyl (C=O) groups is 1. The number of esters is 1. The van der Waals surface area contributed by atoms with Gasteiger partial charge in [-0.3, -0.25) is 9.11 Å². The van der Waals surface area contributed by atoms with Crippen LogP contribution < -0.4 is 24.8 Å². The van der Waals surface area contributed by atoms with E-state index >= 15 is 0 Å². The van der Waals surface area contributed by atoms with Crippen molar-refractivity contribution in [1.29, 1.82) is 0 Å². The van der Waals surface area contributed by atoms with E-state index in [2.05, 4.69) is 20.8 Å². The Hall–Kier alpha value is -4.30. The third-order valence-corrected chi connectivity index (χ3v) is 11.7. The molecule has 0 unspecified atom stereocenters. The monoisotopic (exact) mass is 749 g/mol. The molecule has 0 aromatic heterocycles. The summed E-state index contributed by atoms with van der Waals surface area (Å²) in [6, 6.07) is 12.9. The average Bonchev–Trinajstić information content (AvgIpc) is 3.01. The minimum absolute atomic E-state index is 0.277. The lowest BCUT2D eigenvalue weighted by molar-refractivity contribution is 0.0600. The van der Waals surface area contributed by atoms with Crippen molar-refractivity contribution in [2.45, 2.75) is 65.0 Å². The molecule has 11 nitrogen and oxygen atoms in total. The molecule has 0 bridgehead atoms. The van der Waals surface area contributed by atoms with E-state index in [0.29, 0.717) is 66.7 Å². The fourth-order valence-electron chi connectivity index (χ4n) is 7.28. The molecule has 13 heteroatoms. The van der Waals surface area contributed by atoms with E-state index in [-0.39, 0.29) is 11.0 Å². The van der Waals surface area contributed by atoms with Gasteiger partial charge in [-0.1, -0.05) is 32.9 Å². The summed E-state index contributed by atoms with van der Waals surface area (Å²) < 4.78 is 83.3. The van der Waals surface area contributed by atoms with Gasteiger partial charge >= 0.3 is 5.97 Å². The molecule has 276 valence electrons. The van der Waals surface area contributed by atoms with Crippen LogP contribution in [0.5, 0.6) is 11.5 Å². The second-order valence-electron chi connectivity index (χ2n) is 15.9. The van der Waals surface area contributed by atoms with Gasteiger partial charge in [0.2, 0.25) is 5.36 Å². The van der Waals surface area contributed by atoms with Crippen LogP contribution in [-0.2, 0) is 30.4 Å². The Morgan fingerprint density at radius 1 is 0.846 bits per heavy atom. The first-order valence-corrected chi connectivity index (χ1v) is 20.0. The van der Waals surface area contributed by atoms with Crippen LogP contribution in [0, 0.1) is 0 Å². The van der Waals surface area contributed by atoms with E-state index in [1.54, 1.807) is 6.07 Å². The fraction of sp³-hybridized carbons (Fsp3) is 0.385. The number of nitrogens with zero attached hydrogens (tertiary/aromatic N) is 2. The molecule has 3 heterocycles. The maximum absolute atomic E-state index is 13.5. The summed E-state index contributed by atoms with van der Waals surface area (Å²) >= 11 is 0. The SMILES string of the molecule is COC(=O)c1ccc(C(C)(C)C)cc1C1=c2cc3c(cc2Oc2cc4c(cc21)C(CS(=O)(=O)O)=CC(C)(C)N4C)=[N+](C)C(C)(C)C=C3CS(=O)(=O)O. The van der Waals surface area contributed by atoms with E-state index < -0.39 is 48.8 Å². The minimum atomic E-state index is -4.43. The molecule has 2 N–H and O–H groups in total. The highest BCUT2D eigenvalue weighted by Crippen LogP contribution is 2.47. The van der Waals surface area contributed by atoms with Gasteiger partial charge in [0.1, 0.15) is 30.1 Å². The summed E-state index contributed by atoms with van der Waals surface area (Å²) in [6.07, 6.45) is 3.63. The number of ether oxygens (including phenoxy) is 2. The highest BCUT2D eigenvalue weighted by molar-refractivity contribution is 7.86. The van der Waals surface area contributed by atoms with E-state index in [1.165, 1.54) is 7.11 Å². The molecule has 0 aliphatic carbocycles. The van der Waals surface area contributed by atoms with Crippen LogP contribution in [0.2, 0.25) is 0 Å². The number of carbonyl (C=O) groups excluding carboxylic acids is 1. The molecule has 0 atom stereocenters. The van der Waals surface area contributed by atoms with Gasteiger partial charge in [0.05, 0.1) is 29.8 Å². The molecular formula is C39H45N2O9S2+. The summed E-state index contributed by atoms with van der Waals surface area (Å²) in [5, 5.41) is 1.22. The molecule has 0 amide bonds. The summed E-state index contributed by atoms with van der Waals surface area (Å²) in [7, 11) is -3.76. The lowest BCUT2D eigenvalue weighted by atomic mass is 9.80. The van der Waals surface area contributed by atoms with Crippen LogP contribution in [-0.4, -0.2) is 75.7 Å². The smallest absolute Gasteiger partial charge is 0.338 e. The van der Waals surface area contributed by atoms with E-state index in [1.807, 2.05) is 99.8 Å². The second kappa shape index (κ2) is 12.1. The van der Waals surface area contributed by atoms with Crippen molar-refractivity contribution in [3.05, 3.63) is 98.6 Å². The number of methoxy groups -OCH3 is 1. The number of hydrogen-bond acceptors (Lipinski definition) is 8. The van der Waals surface area contributed by atoms with Crippen LogP contribution >= 0.6 is 0 Å². The first kappa shape index (κ1) is 37.5. The number of benzene rings is 3. The normalized spacial score (nSPS) is 17.6. The van der Waals surface area contributed by atoms with Crippen molar-refractivity contribution in [3.8, 4) is 11.5 Å².